The van der Waals surface area contributed by atoms with Crippen LogP contribution in [0.15, 0.2) is 118 Å². The Kier molecular flexibility index (Phi) is 14.8. The number of aryl methyl sites for hydroxylation is 4. The molecule has 0 aliphatic carbocycles. The van der Waals surface area contributed by atoms with Crippen molar-refractivity contribution in [1.29, 1.82) is 0 Å². The van der Waals surface area contributed by atoms with Gasteiger partial charge in [0.05, 0.1) is 56.7 Å². The number of aliphatic hydroxyl groups is 2. The number of ether oxygens (including phenoxy) is 2. The van der Waals surface area contributed by atoms with Crippen molar-refractivity contribution in [2.45, 2.75) is 104 Å². The van der Waals surface area contributed by atoms with Crippen LogP contribution in [0.1, 0.15) is 131 Å². The summed E-state index contributed by atoms with van der Waals surface area (Å²) in [6.07, 6.45) is 3.28. The Bertz CT molecular complexity index is 3770. The lowest BCUT2D eigenvalue weighted by Gasteiger charge is -2.33. The summed E-state index contributed by atoms with van der Waals surface area (Å²) in [5.74, 6) is -0.0488. The third-order valence-corrected chi connectivity index (χ3v) is 16.8. The van der Waals surface area contributed by atoms with Gasteiger partial charge < -0.3 is 49.3 Å². The van der Waals surface area contributed by atoms with E-state index in [0.717, 1.165) is 114 Å². The SMILES string of the molecule is Cc1noc(C)c1-c1cc(C(N)=O)c2c3ccc(C(C)(C)O)cc3n(C(c3ccc(F)cc3)C3CCOCC3)c2c1.Cc1noc(C)c1-c1cc(C(N)=O)c2c3ccc(C(C)(C)O)cc3n(C(c3ccc(F)cc3)C3CCOCC3)c2c1. The number of carbonyl (C=O) groups is 2. The second-order valence-corrected chi connectivity index (χ2v) is 23.2. The predicted molar refractivity (Wildman–Crippen MR) is 313 cm³/mol. The zero-order valence-electron chi connectivity index (χ0n) is 47.4. The van der Waals surface area contributed by atoms with E-state index in [1.165, 1.54) is 24.3 Å². The number of aromatic nitrogens is 4. The molecule has 0 radical (unpaired) electrons. The number of rotatable bonds is 12. The minimum atomic E-state index is -1.09. The molecule has 2 amide bonds. The maximum Gasteiger partial charge on any atom is 0.249 e. The van der Waals surface area contributed by atoms with Gasteiger partial charge in [-0.3, -0.25) is 9.59 Å². The highest BCUT2D eigenvalue weighted by atomic mass is 19.1. The summed E-state index contributed by atoms with van der Waals surface area (Å²) in [5, 5.41) is 33.4. The number of carbonyl (C=O) groups excluding carboxylic acids is 2. The van der Waals surface area contributed by atoms with Crippen LogP contribution in [0, 0.1) is 51.2 Å². The normalized spacial score (nSPS) is 15.6. The summed E-state index contributed by atoms with van der Waals surface area (Å²) >= 11 is 0. The van der Waals surface area contributed by atoms with Crippen molar-refractivity contribution in [2.24, 2.45) is 23.3 Å². The summed E-state index contributed by atoms with van der Waals surface area (Å²) in [7, 11) is 0. The van der Waals surface area contributed by atoms with Crippen LogP contribution < -0.4 is 11.5 Å². The molecule has 4 aromatic heterocycles. The number of hydrogen-bond donors (Lipinski definition) is 4. The van der Waals surface area contributed by atoms with Crippen LogP contribution in [0.3, 0.4) is 0 Å². The standard InChI is InChI=1S/2C33H34FN3O4/c2*1-18-29(19(2)41-36-18)22-15-26(32(35)38)30-25-10-7-23(33(3,4)39)17-27(25)37(28(30)16-22)31(21-11-13-40-14-12-21)20-5-8-24(34)9-6-20/h2*5-10,15-17,21,31,39H,11-14H2,1-4H3,(H2,35,38). The first-order valence-corrected chi connectivity index (χ1v) is 27.9. The molecule has 6 aromatic carbocycles. The monoisotopic (exact) mass is 1110 g/mol. The Morgan fingerprint density at radius 3 is 1.20 bits per heavy atom. The van der Waals surface area contributed by atoms with E-state index < -0.39 is 23.0 Å². The summed E-state index contributed by atoms with van der Waals surface area (Å²) in [6, 6.07) is 32.3. The average molecular weight is 1110 g/mol. The van der Waals surface area contributed by atoms with E-state index in [4.69, 9.17) is 30.0 Å². The lowest BCUT2D eigenvalue weighted by Crippen LogP contribution is -2.27. The molecule has 2 saturated heterocycles. The molecule has 82 heavy (non-hydrogen) atoms. The van der Waals surface area contributed by atoms with Crippen LogP contribution >= 0.6 is 0 Å². The smallest absolute Gasteiger partial charge is 0.249 e. The summed E-state index contributed by atoms with van der Waals surface area (Å²) < 4.78 is 55.2. The van der Waals surface area contributed by atoms with Gasteiger partial charge in [0.1, 0.15) is 23.2 Å². The quantitative estimate of drug-likeness (QED) is 0.0910. The van der Waals surface area contributed by atoms with E-state index in [-0.39, 0.29) is 35.6 Å². The minimum absolute atomic E-state index is 0.179. The summed E-state index contributed by atoms with van der Waals surface area (Å²) in [4.78, 5) is 26.1. The van der Waals surface area contributed by atoms with Crippen molar-refractivity contribution < 1.29 is 47.1 Å². The van der Waals surface area contributed by atoms with E-state index in [0.29, 0.717) is 60.5 Å². The number of fused-ring (bicyclic) bond motifs is 6. The molecule has 0 saturated carbocycles. The Morgan fingerprint density at radius 1 is 0.537 bits per heavy atom. The van der Waals surface area contributed by atoms with Crippen LogP contribution in [-0.2, 0) is 20.7 Å². The first-order valence-electron chi connectivity index (χ1n) is 27.9. The molecule has 2 atom stereocenters. The maximum absolute atomic E-state index is 14.1. The predicted octanol–water partition coefficient (Wildman–Crippen LogP) is 13.1. The molecule has 2 aliphatic rings. The van der Waals surface area contributed by atoms with E-state index in [1.54, 1.807) is 27.7 Å². The Morgan fingerprint density at radius 2 is 0.890 bits per heavy atom. The fraction of sp³-hybridized carbons (Fsp3) is 0.333. The van der Waals surface area contributed by atoms with Gasteiger partial charge in [0, 0.05) is 70.2 Å². The first kappa shape index (κ1) is 55.9. The second-order valence-electron chi connectivity index (χ2n) is 23.2. The summed E-state index contributed by atoms with van der Waals surface area (Å²) in [6.45, 7) is 17.0. The van der Waals surface area contributed by atoms with E-state index in [1.807, 2.05) is 100 Å². The highest BCUT2D eigenvalue weighted by Gasteiger charge is 2.35. The van der Waals surface area contributed by atoms with Crippen molar-refractivity contribution in [3.8, 4) is 22.3 Å². The molecule has 10 aromatic rings. The number of primary amides is 2. The van der Waals surface area contributed by atoms with Gasteiger partial charge in [0.15, 0.2) is 0 Å². The van der Waals surface area contributed by atoms with Gasteiger partial charge in [-0.15, -0.1) is 0 Å². The van der Waals surface area contributed by atoms with Gasteiger partial charge in [0.25, 0.3) is 0 Å². The van der Waals surface area contributed by atoms with Crippen molar-refractivity contribution in [3.63, 3.8) is 0 Å². The van der Waals surface area contributed by atoms with Gasteiger partial charge in [-0.05, 0) is 187 Å². The van der Waals surface area contributed by atoms with Crippen molar-refractivity contribution in [3.05, 3.63) is 177 Å². The highest BCUT2D eigenvalue weighted by molar-refractivity contribution is 6.20. The van der Waals surface area contributed by atoms with E-state index >= 15 is 0 Å². The molecular formula is C66H68F2N6O8. The second kappa shape index (κ2) is 21.7. The molecule has 2 aliphatic heterocycles. The fourth-order valence-corrected chi connectivity index (χ4v) is 12.8. The van der Waals surface area contributed by atoms with Crippen LogP contribution in [0.2, 0.25) is 0 Å². The van der Waals surface area contributed by atoms with Gasteiger partial charge in [-0.1, -0.05) is 58.8 Å². The van der Waals surface area contributed by atoms with Gasteiger partial charge in [0.2, 0.25) is 11.8 Å². The molecule has 16 heteroatoms. The number of nitrogens with zero attached hydrogens (tertiary/aromatic N) is 4. The van der Waals surface area contributed by atoms with Crippen LogP contribution in [0.4, 0.5) is 8.78 Å². The largest absolute Gasteiger partial charge is 0.386 e. The zero-order valence-corrected chi connectivity index (χ0v) is 47.4. The molecule has 6 heterocycles. The highest BCUT2D eigenvalue weighted by Crippen LogP contribution is 2.47. The fourth-order valence-electron chi connectivity index (χ4n) is 12.8. The maximum atomic E-state index is 14.1. The molecular weight excluding hydrogens is 1040 g/mol. The van der Waals surface area contributed by atoms with Crippen LogP contribution in [-0.4, -0.2) is 67.9 Å². The third-order valence-electron chi connectivity index (χ3n) is 16.8. The number of nitrogens with two attached hydrogens (primary N) is 2. The molecule has 6 N–H and O–H groups in total. The molecule has 14 nitrogen and oxygen atoms in total. The van der Waals surface area contributed by atoms with Gasteiger partial charge in [-0.2, -0.15) is 0 Å². The molecule has 424 valence electrons. The van der Waals surface area contributed by atoms with E-state index in [2.05, 4.69) is 31.6 Å². The molecule has 0 bridgehead atoms. The number of amides is 2. The van der Waals surface area contributed by atoms with Crippen molar-refractivity contribution >= 4 is 55.4 Å². The average Bonchev–Trinajstić information content (AvgIpc) is 2.77. The topological polar surface area (TPSA) is 207 Å². The Labute approximate surface area is 473 Å². The van der Waals surface area contributed by atoms with Gasteiger partial charge in [-0.25, -0.2) is 8.78 Å². The van der Waals surface area contributed by atoms with E-state index in [9.17, 15) is 28.6 Å². The lowest BCUT2D eigenvalue weighted by atomic mass is 9.86. The lowest BCUT2D eigenvalue weighted by molar-refractivity contribution is 0.0551. The van der Waals surface area contributed by atoms with Crippen LogP contribution in [0.25, 0.3) is 65.9 Å². The number of benzene rings is 6. The Balaban J connectivity index is 0.000000172. The first-order chi connectivity index (χ1) is 39.1. The minimum Gasteiger partial charge on any atom is -0.386 e. The molecule has 2 fully saturated rings. The molecule has 0 spiro atoms. The van der Waals surface area contributed by atoms with Crippen LogP contribution in [0.5, 0.6) is 0 Å². The summed E-state index contributed by atoms with van der Waals surface area (Å²) in [5.41, 5.74) is 22.0. The van der Waals surface area contributed by atoms with Crippen molar-refractivity contribution in [2.75, 3.05) is 26.4 Å². The molecule has 12 rings (SSSR count). The van der Waals surface area contributed by atoms with Crippen molar-refractivity contribution in [1.82, 2.24) is 19.4 Å². The van der Waals surface area contributed by atoms with Gasteiger partial charge >= 0.3 is 0 Å². The third kappa shape index (κ3) is 10.3. The number of halogens is 2. The number of hydrogen-bond acceptors (Lipinski definition) is 10. The zero-order chi connectivity index (χ0) is 58.1. The Hall–Kier alpha value is -8.02. The molecule has 2 unspecified atom stereocenters.